The number of carbonyl (C=O) groups excluding carboxylic acids is 2. The zero-order valence-corrected chi connectivity index (χ0v) is 18.3. The molecule has 0 unspecified atom stereocenters. The van der Waals surface area contributed by atoms with Crippen LogP contribution < -0.4 is 0 Å². The molecule has 32 heavy (non-hydrogen) atoms. The van der Waals surface area contributed by atoms with Gasteiger partial charge in [-0.25, -0.2) is 8.42 Å². The molecule has 0 radical (unpaired) electrons. The molecular weight excluding hydrogens is 434 g/mol. The van der Waals surface area contributed by atoms with Crippen LogP contribution in [-0.2, 0) is 14.8 Å². The Morgan fingerprint density at radius 1 is 0.781 bits per heavy atom. The van der Waals surface area contributed by atoms with E-state index < -0.39 is 10.0 Å². The summed E-state index contributed by atoms with van der Waals surface area (Å²) in [6, 6.07) is 12.3. The van der Waals surface area contributed by atoms with E-state index in [1.807, 2.05) is 0 Å². The molecule has 0 aromatic heterocycles. The van der Waals surface area contributed by atoms with Crippen molar-refractivity contribution in [2.45, 2.75) is 4.90 Å². The zero-order valence-electron chi connectivity index (χ0n) is 17.5. The Kier molecular flexibility index (Phi) is 6.45. The fourth-order valence-corrected chi connectivity index (χ4v) is 5.23. The summed E-state index contributed by atoms with van der Waals surface area (Å²) in [5.41, 5.74) is 0.635. The number of hydrogen-bond donors (Lipinski definition) is 1. The molecule has 170 valence electrons. The molecule has 2 fully saturated rings. The number of aromatic hydroxyl groups is 1. The molecule has 0 saturated carbocycles. The van der Waals surface area contributed by atoms with Crippen LogP contribution in [0.3, 0.4) is 0 Å². The lowest BCUT2D eigenvalue weighted by Gasteiger charge is -2.35. The first kappa shape index (κ1) is 22.3. The Hall–Kier alpha value is -2.95. The van der Waals surface area contributed by atoms with E-state index in [2.05, 4.69) is 0 Å². The summed E-state index contributed by atoms with van der Waals surface area (Å²) < 4.78 is 32.1. The molecule has 2 saturated heterocycles. The number of nitrogens with zero attached hydrogens (tertiary/aromatic N) is 3. The van der Waals surface area contributed by atoms with Gasteiger partial charge in [-0.3, -0.25) is 9.59 Å². The van der Waals surface area contributed by atoms with Crippen molar-refractivity contribution < 1.29 is 27.9 Å². The van der Waals surface area contributed by atoms with Crippen LogP contribution in [0, 0.1) is 0 Å². The average Bonchev–Trinajstić information content (AvgIpc) is 2.84. The molecule has 2 amide bonds. The Bertz CT molecular complexity index is 1090. The van der Waals surface area contributed by atoms with Gasteiger partial charge in [-0.2, -0.15) is 4.31 Å². The van der Waals surface area contributed by atoms with Crippen LogP contribution in [-0.4, -0.2) is 91.9 Å². The number of sulfonamides is 1. The van der Waals surface area contributed by atoms with Gasteiger partial charge < -0.3 is 19.6 Å². The summed E-state index contributed by atoms with van der Waals surface area (Å²) in [4.78, 5) is 28.9. The van der Waals surface area contributed by atoms with Crippen molar-refractivity contribution in [1.29, 1.82) is 0 Å². The summed E-state index contributed by atoms with van der Waals surface area (Å²) in [5.74, 6) is -0.550. The molecule has 4 rings (SSSR count). The minimum atomic E-state index is -3.61. The predicted molar refractivity (Wildman–Crippen MR) is 116 cm³/mol. The van der Waals surface area contributed by atoms with Crippen LogP contribution in [0.1, 0.15) is 20.7 Å². The number of amides is 2. The quantitative estimate of drug-likeness (QED) is 0.731. The highest BCUT2D eigenvalue weighted by atomic mass is 32.2. The van der Waals surface area contributed by atoms with Crippen LogP contribution >= 0.6 is 0 Å². The second-order valence-electron chi connectivity index (χ2n) is 7.64. The Labute approximate surface area is 186 Å². The predicted octanol–water partition coefficient (Wildman–Crippen LogP) is 1.01. The summed E-state index contributed by atoms with van der Waals surface area (Å²) in [7, 11) is -3.61. The molecular formula is C22H25N3O6S. The minimum Gasteiger partial charge on any atom is -0.507 e. The number of morpholine rings is 1. The normalized spacial score (nSPS) is 17.9. The molecule has 1 N–H and O–H groups in total. The second-order valence-corrected chi connectivity index (χ2v) is 9.58. The lowest BCUT2D eigenvalue weighted by Crippen LogP contribution is -2.50. The SMILES string of the molecule is O=C(c1ccc(S(=O)(=O)N2CCOCC2)cc1)N1CCN(C(=O)c2ccccc2O)CC1. The van der Waals surface area contributed by atoms with E-state index in [1.54, 1.807) is 28.0 Å². The summed E-state index contributed by atoms with van der Waals surface area (Å²) >= 11 is 0. The fraction of sp³-hybridized carbons (Fsp3) is 0.364. The number of carbonyl (C=O) groups is 2. The molecule has 0 atom stereocenters. The van der Waals surface area contributed by atoms with Crippen molar-refractivity contribution in [3.63, 3.8) is 0 Å². The van der Waals surface area contributed by atoms with Crippen LogP contribution in [0.5, 0.6) is 5.75 Å². The molecule has 0 bridgehead atoms. The lowest BCUT2D eigenvalue weighted by atomic mass is 10.1. The maximum atomic E-state index is 12.9. The van der Waals surface area contributed by atoms with Crippen molar-refractivity contribution >= 4 is 21.8 Å². The Morgan fingerprint density at radius 2 is 1.34 bits per heavy atom. The number of piperazine rings is 1. The average molecular weight is 460 g/mol. The number of ether oxygens (including phenoxy) is 1. The van der Waals surface area contributed by atoms with E-state index in [0.717, 1.165) is 0 Å². The zero-order chi connectivity index (χ0) is 22.7. The molecule has 0 aliphatic carbocycles. The number of phenolic OH excluding ortho intramolecular Hbond substituents is 1. The standard InChI is InChI=1S/C22H25N3O6S/c26-20-4-2-1-3-19(20)22(28)24-11-9-23(10-12-24)21(27)17-5-7-18(8-6-17)32(29,30)25-13-15-31-16-14-25/h1-8,26H,9-16H2. The third-order valence-electron chi connectivity index (χ3n) is 5.70. The molecule has 10 heteroatoms. The molecule has 2 aromatic carbocycles. The van der Waals surface area contributed by atoms with Crippen molar-refractivity contribution in [3.8, 4) is 5.75 Å². The summed E-state index contributed by atoms with van der Waals surface area (Å²) in [5, 5.41) is 9.90. The lowest BCUT2D eigenvalue weighted by molar-refractivity contribution is 0.0533. The largest absolute Gasteiger partial charge is 0.507 e. The van der Waals surface area contributed by atoms with Crippen molar-refractivity contribution in [2.75, 3.05) is 52.5 Å². The molecule has 9 nitrogen and oxygen atoms in total. The highest BCUT2D eigenvalue weighted by Gasteiger charge is 2.28. The van der Waals surface area contributed by atoms with Gasteiger partial charge in [0.25, 0.3) is 11.8 Å². The second kappa shape index (κ2) is 9.27. The van der Waals surface area contributed by atoms with Gasteiger partial charge in [0.05, 0.1) is 23.7 Å². The number of phenols is 1. The third kappa shape index (κ3) is 4.47. The topological polar surface area (TPSA) is 107 Å². The molecule has 2 heterocycles. The summed E-state index contributed by atoms with van der Waals surface area (Å²) in [6.07, 6.45) is 0. The van der Waals surface area contributed by atoms with Gasteiger partial charge in [0.1, 0.15) is 5.75 Å². The van der Waals surface area contributed by atoms with Crippen LogP contribution in [0.25, 0.3) is 0 Å². The van der Waals surface area contributed by atoms with E-state index in [9.17, 15) is 23.1 Å². The van der Waals surface area contributed by atoms with E-state index in [1.165, 1.54) is 34.6 Å². The van der Waals surface area contributed by atoms with Crippen LogP contribution in [0.2, 0.25) is 0 Å². The monoisotopic (exact) mass is 459 g/mol. The van der Waals surface area contributed by atoms with E-state index in [-0.39, 0.29) is 28.0 Å². The van der Waals surface area contributed by atoms with Gasteiger partial charge in [0.2, 0.25) is 10.0 Å². The fourth-order valence-electron chi connectivity index (χ4n) is 3.83. The molecule has 2 aromatic rings. The first-order chi connectivity index (χ1) is 15.4. The van der Waals surface area contributed by atoms with Gasteiger partial charge in [-0.1, -0.05) is 12.1 Å². The first-order valence-electron chi connectivity index (χ1n) is 10.4. The van der Waals surface area contributed by atoms with Gasteiger partial charge in [-0.15, -0.1) is 0 Å². The van der Waals surface area contributed by atoms with Crippen molar-refractivity contribution in [2.24, 2.45) is 0 Å². The smallest absolute Gasteiger partial charge is 0.257 e. The van der Waals surface area contributed by atoms with Crippen LogP contribution in [0.15, 0.2) is 53.4 Å². The maximum absolute atomic E-state index is 12.9. The first-order valence-corrected chi connectivity index (χ1v) is 11.9. The number of para-hydroxylation sites is 1. The van der Waals surface area contributed by atoms with Gasteiger partial charge in [0, 0.05) is 44.8 Å². The molecule has 2 aliphatic heterocycles. The van der Waals surface area contributed by atoms with Crippen LogP contribution in [0.4, 0.5) is 0 Å². The molecule has 2 aliphatic rings. The minimum absolute atomic E-state index is 0.0665. The summed E-state index contributed by atoms with van der Waals surface area (Å²) in [6.45, 7) is 2.77. The van der Waals surface area contributed by atoms with E-state index >= 15 is 0 Å². The third-order valence-corrected chi connectivity index (χ3v) is 7.61. The highest BCUT2D eigenvalue weighted by molar-refractivity contribution is 7.89. The molecule has 0 spiro atoms. The van der Waals surface area contributed by atoms with E-state index in [0.29, 0.717) is 58.0 Å². The van der Waals surface area contributed by atoms with E-state index in [4.69, 9.17) is 4.74 Å². The Morgan fingerprint density at radius 3 is 1.94 bits per heavy atom. The van der Waals surface area contributed by atoms with Crippen molar-refractivity contribution in [1.82, 2.24) is 14.1 Å². The number of hydrogen-bond acceptors (Lipinski definition) is 6. The van der Waals surface area contributed by atoms with Crippen molar-refractivity contribution in [3.05, 3.63) is 59.7 Å². The Balaban J connectivity index is 1.38. The van der Waals surface area contributed by atoms with Gasteiger partial charge in [0.15, 0.2) is 0 Å². The maximum Gasteiger partial charge on any atom is 0.257 e. The van der Waals surface area contributed by atoms with Gasteiger partial charge in [-0.05, 0) is 36.4 Å². The van der Waals surface area contributed by atoms with Gasteiger partial charge >= 0.3 is 0 Å². The number of rotatable bonds is 4. The number of benzene rings is 2. The highest BCUT2D eigenvalue weighted by Crippen LogP contribution is 2.21.